The Bertz CT molecular complexity index is 632. The molecule has 23 heavy (non-hydrogen) atoms. The first-order valence-corrected chi connectivity index (χ1v) is 9.83. The van der Waals surface area contributed by atoms with Gasteiger partial charge in [0.1, 0.15) is 5.76 Å². The Kier molecular flexibility index (Phi) is 4.63. The van der Waals surface area contributed by atoms with E-state index in [0.29, 0.717) is 32.5 Å². The van der Waals surface area contributed by atoms with Crippen molar-refractivity contribution < 1.29 is 17.6 Å². The van der Waals surface area contributed by atoms with Gasteiger partial charge in [0, 0.05) is 25.2 Å². The summed E-state index contributed by atoms with van der Waals surface area (Å²) in [5.74, 6) is 0.777. The lowest BCUT2D eigenvalue weighted by molar-refractivity contribution is 0.177. The highest BCUT2D eigenvalue weighted by Crippen LogP contribution is 2.28. The van der Waals surface area contributed by atoms with Gasteiger partial charge in [0.05, 0.1) is 19.1 Å². The van der Waals surface area contributed by atoms with Gasteiger partial charge in [-0.25, -0.2) is 17.5 Å². The minimum Gasteiger partial charge on any atom is -0.467 e. The Hall–Kier alpha value is -1.54. The van der Waals surface area contributed by atoms with E-state index < -0.39 is 10.0 Å². The van der Waals surface area contributed by atoms with E-state index >= 15 is 0 Å². The van der Waals surface area contributed by atoms with Crippen LogP contribution in [0.25, 0.3) is 0 Å². The fourth-order valence-corrected chi connectivity index (χ4v) is 3.79. The van der Waals surface area contributed by atoms with E-state index in [1.54, 1.807) is 6.26 Å². The van der Waals surface area contributed by atoms with E-state index in [1.807, 2.05) is 17.0 Å². The van der Waals surface area contributed by atoms with Crippen LogP contribution in [0.15, 0.2) is 22.8 Å². The molecule has 1 aromatic rings. The number of amides is 2. The average molecular weight is 341 g/mol. The van der Waals surface area contributed by atoms with Crippen molar-refractivity contribution in [2.75, 3.05) is 19.3 Å². The number of hydrogen-bond donors (Lipinski definition) is 1. The second-order valence-electron chi connectivity index (χ2n) is 6.32. The third-order valence-electron chi connectivity index (χ3n) is 4.41. The number of nitrogens with zero attached hydrogens (tertiary/aromatic N) is 2. The first-order valence-electron chi connectivity index (χ1n) is 7.98. The summed E-state index contributed by atoms with van der Waals surface area (Å²) >= 11 is 0. The molecule has 1 aliphatic heterocycles. The zero-order chi connectivity index (χ0) is 16.4. The van der Waals surface area contributed by atoms with Crippen LogP contribution in [-0.4, -0.2) is 55.1 Å². The molecule has 1 N–H and O–H groups in total. The summed E-state index contributed by atoms with van der Waals surface area (Å²) in [4.78, 5) is 14.4. The SMILES string of the molecule is CS(=O)(=O)N1CCC(NC(=O)N(Cc2ccco2)C2CC2)CC1. The zero-order valence-corrected chi connectivity index (χ0v) is 14.1. The highest BCUT2D eigenvalue weighted by molar-refractivity contribution is 7.88. The van der Waals surface area contributed by atoms with Crippen LogP contribution in [0.1, 0.15) is 31.4 Å². The number of furan rings is 1. The summed E-state index contributed by atoms with van der Waals surface area (Å²) in [7, 11) is -3.13. The quantitative estimate of drug-likeness (QED) is 0.877. The van der Waals surface area contributed by atoms with Crippen molar-refractivity contribution in [3.8, 4) is 0 Å². The molecule has 1 aliphatic carbocycles. The van der Waals surface area contributed by atoms with Crippen LogP contribution in [0.2, 0.25) is 0 Å². The van der Waals surface area contributed by atoms with Gasteiger partial charge in [-0.2, -0.15) is 0 Å². The van der Waals surface area contributed by atoms with Crippen molar-refractivity contribution in [1.82, 2.24) is 14.5 Å². The minimum absolute atomic E-state index is 0.0263. The smallest absolute Gasteiger partial charge is 0.318 e. The number of nitrogens with one attached hydrogen (secondary N) is 1. The van der Waals surface area contributed by atoms with Crippen LogP contribution in [0.4, 0.5) is 4.79 Å². The van der Waals surface area contributed by atoms with Crippen molar-refractivity contribution >= 4 is 16.1 Å². The normalized spacial score (nSPS) is 20.4. The fraction of sp³-hybridized carbons (Fsp3) is 0.667. The molecule has 1 aromatic heterocycles. The first kappa shape index (κ1) is 16.3. The molecule has 3 rings (SSSR count). The second-order valence-corrected chi connectivity index (χ2v) is 8.31. The molecule has 0 aromatic carbocycles. The number of sulfonamides is 1. The Morgan fingerprint density at radius 2 is 2.04 bits per heavy atom. The lowest BCUT2D eigenvalue weighted by Crippen LogP contribution is -2.50. The van der Waals surface area contributed by atoms with E-state index in [2.05, 4.69) is 5.32 Å². The molecule has 8 heteroatoms. The van der Waals surface area contributed by atoms with Gasteiger partial charge in [0.15, 0.2) is 0 Å². The van der Waals surface area contributed by atoms with Gasteiger partial charge in [-0.15, -0.1) is 0 Å². The van der Waals surface area contributed by atoms with Crippen molar-refractivity contribution in [3.05, 3.63) is 24.2 Å². The maximum Gasteiger partial charge on any atom is 0.318 e. The Morgan fingerprint density at radius 1 is 1.35 bits per heavy atom. The predicted molar refractivity (Wildman–Crippen MR) is 85.2 cm³/mol. The summed E-state index contributed by atoms with van der Waals surface area (Å²) in [6.07, 6.45) is 6.20. The summed E-state index contributed by atoms with van der Waals surface area (Å²) in [6.45, 7) is 1.41. The molecular weight excluding hydrogens is 318 g/mol. The molecule has 7 nitrogen and oxygen atoms in total. The molecule has 1 saturated heterocycles. The van der Waals surface area contributed by atoms with Crippen LogP contribution in [-0.2, 0) is 16.6 Å². The average Bonchev–Trinajstić information content (AvgIpc) is 3.20. The number of rotatable bonds is 5. The largest absolute Gasteiger partial charge is 0.467 e. The van der Waals surface area contributed by atoms with E-state index in [4.69, 9.17) is 4.42 Å². The van der Waals surface area contributed by atoms with Gasteiger partial charge in [0.2, 0.25) is 10.0 Å². The maximum absolute atomic E-state index is 12.5. The molecule has 0 atom stereocenters. The predicted octanol–water partition coefficient (Wildman–Crippen LogP) is 1.38. The van der Waals surface area contributed by atoms with E-state index in [0.717, 1.165) is 18.6 Å². The second kappa shape index (κ2) is 6.52. The topological polar surface area (TPSA) is 82.9 Å². The van der Waals surface area contributed by atoms with Gasteiger partial charge >= 0.3 is 6.03 Å². The molecule has 1 saturated carbocycles. The van der Waals surface area contributed by atoms with Crippen LogP contribution in [0.5, 0.6) is 0 Å². The van der Waals surface area contributed by atoms with E-state index in [1.165, 1.54) is 10.6 Å². The Balaban J connectivity index is 1.53. The number of carbonyl (C=O) groups is 1. The molecule has 2 amide bonds. The van der Waals surface area contributed by atoms with Crippen LogP contribution in [0.3, 0.4) is 0 Å². The first-order chi connectivity index (χ1) is 10.9. The van der Waals surface area contributed by atoms with Crippen molar-refractivity contribution in [2.24, 2.45) is 0 Å². The van der Waals surface area contributed by atoms with Gasteiger partial charge in [-0.1, -0.05) is 0 Å². The molecule has 0 spiro atoms. The highest BCUT2D eigenvalue weighted by atomic mass is 32.2. The molecular formula is C15H23N3O4S. The summed E-state index contributed by atoms with van der Waals surface area (Å²) in [5.41, 5.74) is 0. The molecule has 0 unspecified atom stereocenters. The molecule has 128 valence electrons. The number of carbonyl (C=O) groups excluding carboxylic acids is 1. The van der Waals surface area contributed by atoms with Crippen molar-refractivity contribution in [2.45, 2.75) is 44.3 Å². The number of hydrogen-bond acceptors (Lipinski definition) is 4. The van der Waals surface area contributed by atoms with Crippen LogP contribution < -0.4 is 5.32 Å². The van der Waals surface area contributed by atoms with Crippen molar-refractivity contribution in [1.29, 1.82) is 0 Å². The Labute approximate surface area is 136 Å². The number of piperidine rings is 1. The van der Waals surface area contributed by atoms with E-state index in [-0.39, 0.29) is 18.1 Å². The molecule has 2 fully saturated rings. The monoisotopic (exact) mass is 341 g/mol. The maximum atomic E-state index is 12.5. The lowest BCUT2D eigenvalue weighted by atomic mass is 10.1. The standard InChI is InChI=1S/C15H23N3O4S/c1-23(20,21)17-8-6-12(7-9-17)16-15(19)18(13-4-5-13)11-14-3-2-10-22-14/h2-3,10,12-13H,4-9,11H2,1H3,(H,16,19). The van der Waals surface area contributed by atoms with Crippen molar-refractivity contribution in [3.63, 3.8) is 0 Å². The number of urea groups is 1. The highest BCUT2D eigenvalue weighted by Gasteiger charge is 2.34. The van der Waals surface area contributed by atoms with Gasteiger partial charge in [0.25, 0.3) is 0 Å². The molecule has 2 aliphatic rings. The van der Waals surface area contributed by atoms with E-state index in [9.17, 15) is 13.2 Å². The van der Waals surface area contributed by atoms with Crippen LogP contribution in [0, 0.1) is 0 Å². The zero-order valence-electron chi connectivity index (χ0n) is 13.3. The third kappa shape index (κ3) is 4.26. The van der Waals surface area contributed by atoms with Crippen LogP contribution >= 0.6 is 0 Å². The molecule has 0 radical (unpaired) electrons. The minimum atomic E-state index is -3.13. The Morgan fingerprint density at radius 3 is 2.57 bits per heavy atom. The molecule has 0 bridgehead atoms. The summed E-state index contributed by atoms with van der Waals surface area (Å²) < 4.78 is 29.8. The van der Waals surface area contributed by atoms with Gasteiger partial charge in [-0.3, -0.25) is 0 Å². The summed E-state index contributed by atoms with van der Waals surface area (Å²) in [6, 6.07) is 3.92. The molecule has 2 heterocycles. The summed E-state index contributed by atoms with van der Waals surface area (Å²) in [5, 5.41) is 3.05. The van der Waals surface area contributed by atoms with Gasteiger partial charge < -0.3 is 14.6 Å². The third-order valence-corrected chi connectivity index (χ3v) is 5.71. The lowest BCUT2D eigenvalue weighted by Gasteiger charge is -2.32. The fourth-order valence-electron chi connectivity index (χ4n) is 2.91. The van der Waals surface area contributed by atoms with Gasteiger partial charge in [-0.05, 0) is 37.8 Å².